The Morgan fingerprint density at radius 3 is 2.57 bits per heavy atom. The fourth-order valence-electron chi connectivity index (χ4n) is 1.88. The number of nitrogens with zero attached hydrogens (tertiary/aromatic N) is 3. The molecule has 2 heterocycles. The van der Waals surface area contributed by atoms with Crippen LogP contribution < -0.4 is 10.7 Å². The number of fused-ring (bicyclic) bond motifs is 1. The predicted molar refractivity (Wildman–Crippen MR) is 78.0 cm³/mol. The molecule has 0 atom stereocenters. The van der Waals surface area contributed by atoms with Crippen molar-refractivity contribution in [3.63, 3.8) is 0 Å². The van der Waals surface area contributed by atoms with Crippen LogP contribution in [0.3, 0.4) is 0 Å². The smallest absolute Gasteiger partial charge is 0.273 e. The van der Waals surface area contributed by atoms with Gasteiger partial charge in [-0.15, -0.1) is 0 Å². The SMILES string of the molecule is O=C1CCC(C(=O)Nc2nc3ccccc3nc2Cl)=NN1. The third kappa shape index (κ3) is 2.82. The summed E-state index contributed by atoms with van der Waals surface area (Å²) in [5, 5.41) is 6.37. The molecule has 2 aromatic rings. The summed E-state index contributed by atoms with van der Waals surface area (Å²) in [7, 11) is 0. The molecule has 0 radical (unpaired) electrons. The number of hydrogen-bond acceptors (Lipinski definition) is 5. The summed E-state index contributed by atoms with van der Waals surface area (Å²) >= 11 is 6.01. The molecule has 2 N–H and O–H groups in total. The lowest BCUT2D eigenvalue weighted by Crippen LogP contribution is -2.33. The Morgan fingerprint density at radius 2 is 1.90 bits per heavy atom. The van der Waals surface area contributed by atoms with Crippen LogP contribution in [-0.4, -0.2) is 27.5 Å². The number of halogens is 1. The Labute approximate surface area is 124 Å². The molecular weight excluding hydrogens is 294 g/mol. The van der Waals surface area contributed by atoms with Crippen molar-refractivity contribution in [2.75, 3.05) is 5.32 Å². The number of carbonyl (C=O) groups excluding carboxylic acids is 2. The molecule has 1 aliphatic heterocycles. The molecule has 7 nitrogen and oxygen atoms in total. The summed E-state index contributed by atoms with van der Waals surface area (Å²) in [6.07, 6.45) is 0.500. The lowest BCUT2D eigenvalue weighted by molar-refractivity contribution is -0.121. The molecule has 0 fully saturated rings. The first-order valence-corrected chi connectivity index (χ1v) is 6.60. The van der Waals surface area contributed by atoms with Crippen LogP contribution in [-0.2, 0) is 9.59 Å². The van der Waals surface area contributed by atoms with Crippen molar-refractivity contribution >= 4 is 46.0 Å². The van der Waals surface area contributed by atoms with E-state index < -0.39 is 5.91 Å². The fourth-order valence-corrected chi connectivity index (χ4v) is 2.06. The highest BCUT2D eigenvalue weighted by atomic mass is 35.5. The lowest BCUT2D eigenvalue weighted by Gasteiger charge is -2.12. The molecule has 3 rings (SSSR count). The maximum atomic E-state index is 12.0. The van der Waals surface area contributed by atoms with Crippen LogP contribution in [0, 0.1) is 0 Å². The van der Waals surface area contributed by atoms with E-state index in [1.165, 1.54) is 0 Å². The number of hydrogen-bond donors (Lipinski definition) is 2. The van der Waals surface area contributed by atoms with E-state index in [0.717, 1.165) is 0 Å². The molecule has 21 heavy (non-hydrogen) atoms. The highest BCUT2D eigenvalue weighted by Gasteiger charge is 2.20. The van der Waals surface area contributed by atoms with Crippen molar-refractivity contribution in [1.82, 2.24) is 15.4 Å². The van der Waals surface area contributed by atoms with E-state index >= 15 is 0 Å². The van der Waals surface area contributed by atoms with Gasteiger partial charge < -0.3 is 5.32 Å². The zero-order chi connectivity index (χ0) is 14.8. The second kappa shape index (κ2) is 5.45. The molecule has 2 amide bonds. The Balaban J connectivity index is 1.86. The lowest BCUT2D eigenvalue weighted by atomic mass is 10.1. The van der Waals surface area contributed by atoms with Crippen LogP contribution >= 0.6 is 11.6 Å². The molecule has 106 valence electrons. The maximum Gasteiger partial charge on any atom is 0.273 e. The number of hydrazone groups is 1. The number of rotatable bonds is 2. The molecule has 0 saturated carbocycles. The number of aromatic nitrogens is 2. The van der Waals surface area contributed by atoms with Gasteiger partial charge in [-0.2, -0.15) is 5.10 Å². The standard InChI is InChI=1S/C13H10ClN5O2/c14-11-12(16-8-4-2-1-3-7(8)15-11)17-13(21)9-5-6-10(20)19-18-9/h1-4H,5-6H2,(H,19,20)(H,16,17,21). The molecule has 0 bridgehead atoms. The Kier molecular flexibility index (Phi) is 3.49. The molecule has 0 unspecified atom stereocenters. The van der Waals surface area contributed by atoms with E-state index in [0.29, 0.717) is 11.0 Å². The van der Waals surface area contributed by atoms with Crippen LogP contribution in [0.4, 0.5) is 5.82 Å². The molecule has 1 aliphatic rings. The highest BCUT2D eigenvalue weighted by molar-refractivity contribution is 6.44. The molecule has 0 spiro atoms. The monoisotopic (exact) mass is 303 g/mol. The summed E-state index contributed by atoms with van der Waals surface area (Å²) < 4.78 is 0. The molecule has 1 aromatic heterocycles. The van der Waals surface area contributed by atoms with Gasteiger partial charge in [-0.25, -0.2) is 15.4 Å². The van der Waals surface area contributed by atoms with Crippen LogP contribution in [0.15, 0.2) is 29.4 Å². The van der Waals surface area contributed by atoms with E-state index in [9.17, 15) is 9.59 Å². The zero-order valence-electron chi connectivity index (χ0n) is 10.8. The average molecular weight is 304 g/mol. The van der Waals surface area contributed by atoms with Crippen LogP contribution in [0.1, 0.15) is 12.8 Å². The summed E-state index contributed by atoms with van der Waals surface area (Å²) in [6.45, 7) is 0. The fraction of sp³-hybridized carbons (Fsp3) is 0.154. The normalized spacial score (nSPS) is 14.5. The molecule has 1 aromatic carbocycles. The molecule has 0 aliphatic carbocycles. The Morgan fingerprint density at radius 1 is 1.19 bits per heavy atom. The van der Waals surface area contributed by atoms with Crippen molar-refractivity contribution in [3.05, 3.63) is 29.4 Å². The highest BCUT2D eigenvalue weighted by Crippen LogP contribution is 2.21. The minimum atomic E-state index is -0.457. The summed E-state index contributed by atoms with van der Waals surface area (Å²) in [5.74, 6) is -0.503. The summed E-state index contributed by atoms with van der Waals surface area (Å²) in [4.78, 5) is 31.5. The zero-order valence-corrected chi connectivity index (χ0v) is 11.5. The van der Waals surface area contributed by atoms with Gasteiger partial charge in [-0.3, -0.25) is 9.59 Å². The van der Waals surface area contributed by atoms with Crippen molar-refractivity contribution < 1.29 is 9.59 Å². The maximum absolute atomic E-state index is 12.0. The molecule has 0 saturated heterocycles. The first-order chi connectivity index (χ1) is 10.1. The van der Waals surface area contributed by atoms with Gasteiger partial charge in [-0.05, 0) is 12.1 Å². The van der Waals surface area contributed by atoms with Crippen LogP contribution in [0.2, 0.25) is 5.15 Å². The summed E-state index contributed by atoms with van der Waals surface area (Å²) in [6, 6.07) is 7.19. The average Bonchev–Trinajstić information content (AvgIpc) is 2.48. The van der Waals surface area contributed by atoms with Gasteiger partial charge in [0.05, 0.1) is 11.0 Å². The molecule has 8 heteroatoms. The van der Waals surface area contributed by atoms with Gasteiger partial charge in [0.2, 0.25) is 5.91 Å². The second-order valence-corrected chi connectivity index (χ2v) is 4.76. The van der Waals surface area contributed by atoms with E-state index in [4.69, 9.17) is 11.6 Å². The summed E-state index contributed by atoms with van der Waals surface area (Å²) in [5.41, 5.74) is 3.75. The van der Waals surface area contributed by atoms with E-state index in [-0.39, 0.29) is 35.4 Å². The second-order valence-electron chi connectivity index (χ2n) is 4.40. The quantitative estimate of drug-likeness (QED) is 0.878. The van der Waals surface area contributed by atoms with Gasteiger partial charge in [0.25, 0.3) is 5.91 Å². The number of carbonyl (C=O) groups is 2. The Bertz CT molecular complexity index is 774. The third-order valence-electron chi connectivity index (χ3n) is 2.93. The minimum absolute atomic E-state index is 0.0995. The number of amides is 2. The van der Waals surface area contributed by atoms with Gasteiger partial charge in [0.1, 0.15) is 5.71 Å². The van der Waals surface area contributed by atoms with Crippen LogP contribution in [0.25, 0.3) is 11.0 Å². The molecular formula is C13H10ClN5O2. The van der Waals surface area contributed by atoms with Gasteiger partial charge >= 0.3 is 0 Å². The van der Waals surface area contributed by atoms with Gasteiger partial charge in [0.15, 0.2) is 11.0 Å². The van der Waals surface area contributed by atoms with E-state index in [1.54, 1.807) is 12.1 Å². The van der Waals surface area contributed by atoms with Gasteiger partial charge in [0, 0.05) is 12.8 Å². The van der Waals surface area contributed by atoms with Crippen molar-refractivity contribution in [2.24, 2.45) is 5.10 Å². The van der Waals surface area contributed by atoms with Crippen molar-refractivity contribution in [1.29, 1.82) is 0 Å². The van der Waals surface area contributed by atoms with E-state index in [2.05, 4.69) is 25.8 Å². The largest absolute Gasteiger partial charge is 0.303 e. The van der Waals surface area contributed by atoms with Crippen molar-refractivity contribution in [3.8, 4) is 0 Å². The minimum Gasteiger partial charge on any atom is -0.303 e. The topological polar surface area (TPSA) is 96.3 Å². The number of nitrogens with one attached hydrogen (secondary N) is 2. The first kappa shape index (κ1) is 13.4. The number of para-hydroxylation sites is 2. The number of benzene rings is 1. The third-order valence-corrected chi connectivity index (χ3v) is 3.19. The Hall–Kier alpha value is -2.54. The number of anilines is 1. The van der Waals surface area contributed by atoms with Crippen molar-refractivity contribution in [2.45, 2.75) is 12.8 Å². The van der Waals surface area contributed by atoms with Crippen LogP contribution in [0.5, 0.6) is 0 Å². The first-order valence-electron chi connectivity index (χ1n) is 6.22. The predicted octanol–water partition coefficient (Wildman–Crippen LogP) is 1.49. The van der Waals surface area contributed by atoms with E-state index in [1.807, 2.05) is 12.1 Å². The van der Waals surface area contributed by atoms with Gasteiger partial charge in [-0.1, -0.05) is 23.7 Å².